The molecule has 0 unspecified atom stereocenters. The zero-order valence-corrected chi connectivity index (χ0v) is 11.9. The summed E-state index contributed by atoms with van der Waals surface area (Å²) in [4.78, 5) is 0. The quantitative estimate of drug-likeness (QED) is 0.257. The van der Waals surface area contributed by atoms with Crippen molar-refractivity contribution >= 4 is 12.2 Å². The van der Waals surface area contributed by atoms with Gasteiger partial charge in [0.15, 0.2) is 11.5 Å². The molecule has 0 saturated carbocycles. The largest absolute Gasteiger partial charge is 0.493 e. The molecule has 0 atom stereocenters. The van der Waals surface area contributed by atoms with Gasteiger partial charge in [0, 0.05) is 5.56 Å². The lowest BCUT2D eigenvalue weighted by Crippen LogP contribution is -2.21. The van der Waals surface area contributed by atoms with Crippen LogP contribution < -0.4 is 20.9 Å². The first-order valence-electron chi connectivity index (χ1n) is 6.12. The van der Waals surface area contributed by atoms with Crippen LogP contribution in [0.5, 0.6) is 11.5 Å². The van der Waals surface area contributed by atoms with Gasteiger partial charge in [-0.3, -0.25) is 0 Å². The summed E-state index contributed by atoms with van der Waals surface area (Å²) in [5.41, 5.74) is 12.1. The third-order valence-corrected chi connectivity index (χ3v) is 2.42. The summed E-state index contributed by atoms with van der Waals surface area (Å²) in [5.74, 6) is 3.45. The number of ether oxygens (including phenoxy) is 2. The fourth-order valence-electron chi connectivity index (χ4n) is 1.66. The lowest BCUT2D eigenvalue weighted by atomic mass is 10.1. The lowest BCUT2D eigenvalue weighted by Gasteiger charge is -2.14. The molecule has 1 aromatic carbocycles. The summed E-state index contributed by atoms with van der Waals surface area (Å²) in [7, 11) is 1.55. The van der Waals surface area contributed by atoms with Crippen molar-refractivity contribution in [1.29, 1.82) is 0 Å². The normalized spacial score (nSPS) is 9.90. The SMILES string of the molecule is C#CCOc1c(CC=C)cc(C=NN=C(N)N)cc1OC. The van der Waals surface area contributed by atoms with Crippen molar-refractivity contribution in [3.05, 3.63) is 35.9 Å². The molecule has 110 valence electrons. The van der Waals surface area contributed by atoms with Crippen LogP contribution in [-0.2, 0) is 6.42 Å². The van der Waals surface area contributed by atoms with Crippen molar-refractivity contribution < 1.29 is 9.47 Å². The fraction of sp³-hybridized carbons (Fsp3) is 0.200. The molecular weight excluding hydrogens is 268 g/mol. The van der Waals surface area contributed by atoms with Crippen molar-refractivity contribution in [1.82, 2.24) is 0 Å². The Balaban J connectivity index is 3.22. The number of methoxy groups -OCH3 is 1. The van der Waals surface area contributed by atoms with E-state index in [4.69, 9.17) is 27.4 Å². The standard InChI is InChI=1S/C15H18N4O2/c1-4-6-12-8-11(10-18-19-15(16)17)9-13(20-3)14(12)21-7-5-2/h2,4,8-10H,1,6-7H2,3H3,(H4,16,17,19). The highest BCUT2D eigenvalue weighted by molar-refractivity contribution is 5.83. The van der Waals surface area contributed by atoms with Gasteiger partial charge in [-0.1, -0.05) is 12.0 Å². The summed E-state index contributed by atoms with van der Waals surface area (Å²) in [6.45, 7) is 3.88. The average molecular weight is 286 g/mol. The minimum absolute atomic E-state index is 0.112. The number of terminal acetylenes is 1. The third-order valence-electron chi connectivity index (χ3n) is 2.42. The smallest absolute Gasteiger partial charge is 0.211 e. The van der Waals surface area contributed by atoms with Crippen LogP contribution in [0.4, 0.5) is 0 Å². The number of hydrogen-bond donors (Lipinski definition) is 2. The zero-order valence-electron chi connectivity index (χ0n) is 11.9. The second-order valence-corrected chi connectivity index (χ2v) is 3.97. The van der Waals surface area contributed by atoms with Crippen LogP contribution in [0.1, 0.15) is 11.1 Å². The molecule has 0 spiro atoms. The molecule has 0 heterocycles. The molecule has 0 radical (unpaired) electrons. The molecule has 0 amide bonds. The van der Waals surface area contributed by atoms with Crippen LogP contribution in [0.15, 0.2) is 35.0 Å². The second kappa shape index (κ2) is 8.27. The molecule has 1 rings (SSSR count). The zero-order chi connectivity index (χ0) is 15.7. The van der Waals surface area contributed by atoms with E-state index in [1.807, 2.05) is 6.07 Å². The minimum Gasteiger partial charge on any atom is -0.493 e. The predicted octanol–water partition coefficient (Wildman–Crippen LogP) is 1.04. The first kappa shape index (κ1) is 16.1. The molecule has 6 nitrogen and oxygen atoms in total. The second-order valence-electron chi connectivity index (χ2n) is 3.97. The number of benzene rings is 1. The first-order valence-corrected chi connectivity index (χ1v) is 6.12. The van der Waals surface area contributed by atoms with E-state index < -0.39 is 0 Å². The van der Waals surface area contributed by atoms with E-state index in [2.05, 4.69) is 22.7 Å². The summed E-state index contributed by atoms with van der Waals surface area (Å²) >= 11 is 0. The Morgan fingerprint density at radius 2 is 2.24 bits per heavy atom. The number of rotatable bonds is 7. The van der Waals surface area contributed by atoms with E-state index in [9.17, 15) is 0 Å². The topological polar surface area (TPSA) is 95.2 Å². The number of guanidine groups is 1. The van der Waals surface area contributed by atoms with E-state index in [-0.39, 0.29) is 12.6 Å². The van der Waals surface area contributed by atoms with Crippen molar-refractivity contribution in [2.45, 2.75) is 6.42 Å². The summed E-state index contributed by atoms with van der Waals surface area (Å²) < 4.78 is 10.9. The molecular formula is C15H18N4O2. The molecule has 4 N–H and O–H groups in total. The van der Waals surface area contributed by atoms with Gasteiger partial charge in [0.25, 0.3) is 0 Å². The predicted molar refractivity (Wildman–Crippen MR) is 84.6 cm³/mol. The van der Waals surface area contributed by atoms with Crippen LogP contribution in [0.25, 0.3) is 0 Å². The summed E-state index contributed by atoms with van der Waals surface area (Å²) in [6, 6.07) is 3.63. The number of allylic oxidation sites excluding steroid dienone is 1. The maximum Gasteiger partial charge on any atom is 0.211 e. The van der Waals surface area contributed by atoms with Gasteiger partial charge in [-0.25, -0.2) is 0 Å². The Labute approximate surface area is 124 Å². The fourth-order valence-corrected chi connectivity index (χ4v) is 1.66. The van der Waals surface area contributed by atoms with E-state index in [0.717, 1.165) is 11.1 Å². The number of hydrogen-bond acceptors (Lipinski definition) is 4. The molecule has 21 heavy (non-hydrogen) atoms. The number of nitrogens with zero attached hydrogens (tertiary/aromatic N) is 2. The Morgan fingerprint density at radius 1 is 1.48 bits per heavy atom. The maximum atomic E-state index is 5.54. The molecule has 0 aliphatic heterocycles. The van der Waals surface area contributed by atoms with E-state index in [1.165, 1.54) is 6.21 Å². The number of nitrogens with two attached hydrogens (primary N) is 2. The molecule has 1 aromatic rings. The van der Waals surface area contributed by atoms with Crippen LogP contribution >= 0.6 is 0 Å². The van der Waals surface area contributed by atoms with Crippen molar-refractivity contribution in [3.8, 4) is 23.8 Å². The monoisotopic (exact) mass is 286 g/mol. The summed E-state index contributed by atoms with van der Waals surface area (Å²) in [5, 5.41) is 7.31. The molecule has 0 fully saturated rings. The summed E-state index contributed by atoms with van der Waals surface area (Å²) in [6.07, 6.45) is 9.09. The van der Waals surface area contributed by atoms with Gasteiger partial charge >= 0.3 is 0 Å². The van der Waals surface area contributed by atoms with Gasteiger partial charge in [0.2, 0.25) is 5.96 Å². The van der Waals surface area contributed by atoms with E-state index in [1.54, 1.807) is 19.3 Å². The Bertz CT molecular complexity index is 596. The van der Waals surface area contributed by atoms with E-state index in [0.29, 0.717) is 17.9 Å². The average Bonchev–Trinajstić information content (AvgIpc) is 2.45. The minimum atomic E-state index is -0.112. The van der Waals surface area contributed by atoms with Crippen LogP contribution in [0.3, 0.4) is 0 Å². The maximum absolute atomic E-state index is 5.54. The van der Waals surface area contributed by atoms with Gasteiger partial charge in [0.1, 0.15) is 6.61 Å². The molecule has 0 saturated heterocycles. The first-order chi connectivity index (χ1) is 10.1. The van der Waals surface area contributed by atoms with E-state index >= 15 is 0 Å². The van der Waals surface area contributed by atoms with Gasteiger partial charge in [0.05, 0.1) is 13.3 Å². The highest BCUT2D eigenvalue weighted by atomic mass is 16.5. The Hall–Kier alpha value is -2.94. The van der Waals surface area contributed by atoms with Crippen molar-refractivity contribution in [3.63, 3.8) is 0 Å². The molecule has 0 bridgehead atoms. The lowest BCUT2D eigenvalue weighted by molar-refractivity contribution is 0.328. The van der Waals surface area contributed by atoms with Gasteiger partial charge in [-0.2, -0.15) is 5.10 Å². The highest BCUT2D eigenvalue weighted by Gasteiger charge is 2.11. The van der Waals surface area contributed by atoms with Crippen LogP contribution in [0.2, 0.25) is 0 Å². The van der Waals surface area contributed by atoms with Gasteiger partial charge in [-0.15, -0.1) is 18.1 Å². The third kappa shape index (κ3) is 4.91. The molecule has 0 aromatic heterocycles. The van der Waals surface area contributed by atoms with Gasteiger partial charge < -0.3 is 20.9 Å². The van der Waals surface area contributed by atoms with Gasteiger partial charge in [-0.05, 0) is 24.1 Å². The highest BCUT2D eigenvalue weighted by Crippen LogP contribution is 2.33. The van der Waals surface area contributed by atoms with Crippen LogP contribution in [-0.4, -0.2) is 25.9 Å². The van der Waals surface area contributed by atoms with Crippen molar-refractivity contribution in [2.24, 2.45) is 21.7 Å². The Morgan fingerprint density at radius 3 is 2.81 bits per heavy atom. The van der Waals surface area contributed by atoms with Crippen molar-refractivity contribution in [2.75, 3.05) is 13.7 Å². The van der Waals surface area contributed by atoms with Crippen LogP contribution in [0, 0.1) is 12.3 Å². The molecule has 0 aliphatic carbocycles. The Kier molecular flexibility index (Phi) is 6.35. The molecule has 6 heteroatoms. The molecule has 0 aliphatic rings.